The van der Waals surface area contributed by atoms with E-state index >= 15 is 0 Å². The van der Waals surface area contributed by atoms with E-state index in [1.54, 1.807) is 0 Å². The summed E-state index contributed by atoms with van der Waals surface area (Å²) >= 11 is 0. The van der Waals surface area contributed by atoms with E-state index in [2.05, 4.69) is 25.6 Å². The molecule has 0 radical (unpaired) electrons. The van der Waals surface area contributed by atoms with Gasteiger partial charge in [0.05, 0.1) is 11.7 Å². The van der Waals surface area contributed by atoms with E-state index in [0.29, 0.717) is 0 Å². The van der Waals surface area contributed by atoms with Gasteiger partial charge in [-0.2, -0.15) is 5.10 Å². The minimum atomic E-state index is -0.114. The van der Waals surface area contributed by atoms with Gasteiger partial charge in [-0.25, -0.2) is 9.78 Å². The molecule has 0 aromatic carbocycles. The largest absolute Gasteiger partial charge is 0.356 e. The molecule has 2 N–H and O–H groups in total. The van der Waals surface area contributed by atoms with Gasteiger partial charge in [-0.1, -0.05) is 6.07 Å². The molecule has 7 nitrogen and oxygen atoms in total. The maximum Gasteiger partial charge on any atom is 0.315 e. The molecule has 2 aromatic rings. The number of amides is 2. The number of rotatable bonds is 4. The average molecular weight is 356 g/mol. The molecule has 3 heterocycles. The van der Waals surface area contributed by atoms with Gasteiger partial charge < -0.3 is 15.5 Å². The molecule has 2 amide bonds. The second-order valence-electron chi connectivity index (χ2n) is 7.00. The van der Waals surface area contributed by atoms with Crippen LogP contribution in [0.15, 0.2) is 24.4 Å². The molecular formula is C19H28N6O. The number of piperidine rings is 1. The number of aromatic nitrogens is 3. The van der Waals surface area contributed by atoms with Crippen molar-refractivity contribution in [3.8, 4) is 0 Å². The van der Waals surface area contributed by atoms with Crippen molar-refractivity contribution in [1.29, 1.82) is 0 Å². The minimum absolute atomic E-state index is 0.0719. The molecule has 1 unspecified atom stereocenters. The second kappa shape index (κ2) is 7.76. The molecule has 1 fully saturated rings. The number of nitrogens with zero attached hydrogens (tertiary/aromatic N) is 4. The first-order valence-corrected chi connectivity index (χ1v) is 9.18. The number of carbonyl (C=O) groups excluding carboxylic acids is 1. The normalized spacial score (nSPS) is 16.4. The lowest BCUT2D eigenvalue weighted by atomic mass is 10.0. The fourth-order valence-electron chi connectivity index (χ4n) is 3.71. The highest BCUT2D eigenvalue weighted by molar-refractivity contribution is 5.74. The van der Waals surface area contributed by atoms with E-state index in [-0.39, 0.29) is 18.1 Å². The lowest BCUT2D eigenvalue weighted by molar-refractivity contribution is 0.231. The molecule has 1 aliphatic rings. The third-order valence-electron chi connectivity index (χ3n) is 5.15. The van der Waals surface area contributed by atoms with Gasteiger partial charge >= 0.3 is 6.03 Å². The summed E-state index contributed by atoms with van der Waals surface area (Å²) < 4.78 is 1.86. The zero-order valence-corrected chi connectivity index (χ0v) is 16.0. The highest BCUT2D eigenvalue weighted by atomic mass is 16.2. The van der Waals surface area contributed by atoms with Crippen molar-refractivity contribution in [2.24, 2.45) is 7.05 Å². The average Bonchev–Trinajstić information content (AvgIpc) is 2.88. The van der Waals surface area contributed by atoms with Crippen molar-refractivity contribution in [2.45, 2.75) is 45.7 Å². The SMILES string of the molecule is Cc1nn(C)c(C)c1C(C)NC(=O)NC1CCN(c2ccccn2)CC1. The van der Waals surface area contributed by atoms with Crippen molar-refractivity contribution in [3.05, 3.63) is 41.3 Å². The van der Waals surface area contributed by atoms with Gasteiger partial charge in [0.1, 0.15) is 5.82 Å². The van der Waals surface area contributed by atoms with Crippen LogP contribution in [-0.2, 0) is 7.05 Å². The predicted molar refractivity (Wildman–Crippen MR) is 102 cm³/mol. The van der Waals surface area contributed by atoms with Crippen LogP contribution in [0.2, 0.25) is 0 Å². The number of hydrogen-bond acceptors (Lipinski definition) is 4. The van der Waals surface area contributed by atoms with Gasteiger partial charge in [0.15, 0.2) is 0 Å². The van der Waals surface area contributed by atoms with Gasteiger partial charge in [-0.15, -0.1) is 0 Å². The van der Waals surface area contributed by atoms with E-state index in [4.69, 9.17) is 0 Å². The van der Waals surface area contributed by atoms with Gasteiger partial charge in [0, 0.05) is 43.6 Å². The summed E-state index contributed by atoms with van der Waals surface area (Å²) in [4.78, 5) is 19.1. The van der Waals surface area contributed by atoms with Crippen LogP contribution in [-0.4, -0.2) is 39.9 Å². The lowest BCUT2D eigenvalue weighted by Gasteiger charge is -2.33. The van der Waals surface area contributed by atoms with Crippen LogP contribution in [0.3, 0.4) is 0 Å². The first-order valence-electron chi connectivity index (χ1n) is 9.18. The molecule has 3 rings (SSSR count). The zero-order chi connectivity index (χ0) is 18.7. The lowest BCUT2D eigenvalue weighted by Crippen LogP contribution is -2.48. The van der Waals surface area contributed by atoms with E-state index in [9.17, 15) is 4.79 Å². The molecule has 2 aromatic heterocycles. The second-order valence-corrected chi connectivity index (χ2v) is 7.00. The smallest absolute Gasteiger partial charge is 0.315 e. The van der Waals surface area contributed by atoms with Crippen molar-refractivity contribution >= 4 is 11.8 Å². The number of carbonyl (C=O) groups is 1. The molecule has 0 spiro atoms. The number of hydrogen-bond donors (Lipinski definition) is 2. The molecule has 7 heteroatoms. The molecule has 0 aliphatic carbocycles. The van der Waals surface area contributed by atoms with Crippen molar-refractivity contribution in [3.63, 3.8) is 0 Å². The Hall–Kier alpha value is -2.57. The maximum absolute atomic E-state index is 12.4. The first kappa shape index (κ1) is 18.2. The zero-order valence-electron chi connectivity index (χ0n) is 16.0. The summed E-state index contributed by atoms with van der Waals surface area (Å²) in [7, 11) is 1.92. The molecule has 1 saturated heterocycles. The Kier molecular flexibility index (Phi) is 5.44. The quantitative estimate of drug-likeness (QED) is 0.882. The highest BCUT2D eigenvalue weighted by Gasteiger charge is 2.23. The fourth-order valence-corrected chi connectivity index (χ4v) is 3.71. The number of anilines is 1. The van der Waals surface area contributed by atoms with Crippen LogP contribution in [0, 0.1) is 13.8 Å². The fraction of sp³-hybridized carbons (Fsp3) is 0.526. The summed E-state index contributed by atoms with van der Waals surface area (Å²) in [5.74, 6) is 1.01. The van der Waals surface area contributed by atoms with Crippen LogP contribution in [0.5, 0.6) is 0 Å². The summed E-state index contributed by atoms with van der Waals surface area (Å²) in [5.41, 5.74) is 3.13. The molecule has 0 saturated carbocycles. The number of urea groups is 1. The predicted octanol–water partition coefficient (Wildman–Crippen LogP) is 2.46. The van der Waals surface area contributed by atoms with Gasteiger partial charge in [-0.05, 0) is 45.7 Å². The van der Waals surface area contributed by atoms with Gasteiger partial charge in [0.25, 0.3) is 0 Å². The van der Waals surface area contributed by atoms with E-state index in [1.165, 1.54) is 0 Å². The van der Waals surface area contributed by atoms with Gasteiger partial charge in [-0.3, -0.25) is 4.68 Å². The number of nitrogens with one attached hydrogen (secondary N) is 2. The Morgan fingerprint density at radius 2 is 2.00 bits per heavy atom. The van der Waals surface area contributed by atoms with Crippen LogP contribution in [0.25, 0.3) is 0 Å². The van der Waals surface area contributed by atoms with E-state index < -0.39 is 0 Å². The Balaban J connectivity index is 1.50. The third kappa shape index (κ3) is 3.98. The molecule has 140 valence electrons. The molecular weight excluding hydrogens is 328 g/mol. The van der Waals surface area contributed by atoms with Crippen LogP contribution in [0.4, 0.5) is 10.6 Å². The summed E-state index contributed by atoms with van der Waals surface area (Å²) in [6, 6.07) is 5.96. The van der Waals surface area contributed by atoms with Crippen LogP contribution in [0.1, 0.15) is 42.8 Å². The number of aryl methyl sites for hydroxylation is 2. The third-order valence-corrected chi connectivity index (χ3v) is 5.15. The summed E-state index contributed by atoms with van der Waals surface area (Å²) in [6.45, 7) is 7.81. The van der Waals surface area contributed by atoms with Crippen LogP contribution < -0.4 is 15.5 Å². The van der Waals surface area contributed by atoms with Crippen molar-refractivity contribution in [2.75, 3.05) is 18.0 Å². The molecule has 0 bridgehead atoms. The van der Waals surface area contributed by atoms with Gasteiger partial charge in [0.2, 0.25) is 0 Å². The Bertz CT molecular complexity index is 749. The summed E-state index contributed by atoms with van der Waals surface area (Å²) in [6.07, 6.45) is 3.66. The van der Waals surface area contributed by atoms with Crippen LogP contribution >= 0.6 is 0 Å². The monoisotopic (exact) mass is 356 g/mol. The van der Waals surface area contributed by atoms with Crippen molar-refractivity contribution in [1.82, 2.24) is 25.4 Å². The maximum atomic E-state index is 12.4. The Morgan fingerprint density at radius 1 is 1.27 bits per heavy atom. The molecule has 1 atom stereocenters. The van der Waals surface area contributed by atoms with E-state index in [1.807, 2.05) is 56.9 Å². The minimum Gasteiger partial charge on any atom is -0.356 e. The standard InChI is InChI=1S/C19H28N6O/c1-13(18-14(2)23-24(4)15(18)3)21-19(26)22-16-8-11-25(12-9-16)17-7-5-6-10-20-17/h5-7,10,13,16H,8-9,11-12H2,1-4H3,(H2,21,22,26). The number of pyridine rings is 1. The Morgan fingerprint density at radius 3 is 2.58 bits per heavy atom. The molecule has 1 aliphatic heterocycles. The Labute approximate surface area is 154 Å². The van der Waals surface area contributed by atoms with Crippen molar-refractivity contribution < 1.29 is 4.79 Å². The highest BCUT2D eigenvalue weighted by Crippen LogP contribution is 2.21. The van der Waals surface area contributed by atoms with E-state index in [0.717, 1.165) is 48.7 Å². The first-order chi connectivity index (χ1) is 12.5. The molecule has 26 heavy (non-hydrogen) atoms. The topological polar surface area (TPSA) is 75.1 Å². The summed E-state index contributed by atoms with van der Waals surface area (Å²) in [5, 5.41) is 10.6.